The van der Waals surface area contributed by atoms with Crippen molar-refractivity contribution in [3.8, 4) is 11.5 Å². The molecule has 0 aromatic heterocycles. The van der Waals surface area contributed by atoms with Gasteiger partial charge in [0.1, 0.15) is 0 Å². The molecular formula is C11H13NO3. The predicted octanol–water partition coefficient (Wildman–Crippen LogP) is 1.34. The highest BCUT2D eigenvalue weighted by Gasteiger charge is 2.26. The van der Waals surface area contributed by atoms with Crippen LogP contribution in [-0.2, 0) is 0 Å². The Morgan fingerprint density at radius 1 is 1.47 bits per heavy atom. The molecular weight excluding hydrogens is 194 g/mol. The molecule has 0 saturated heterocycles. The molecule has 2 rings (SSSR count). The number of ether oxygens (including phenoxy) is 2. The summed E-state index contributed by atoms with van der Waals surface area (Å²) in [5.41, 5.74) is 5.59. The summed E-state index contributed by atoms with van der Waals surface area (Å²) in [5, 5.41) is 0. The smallest absolute Gasteiger partial charge is 0.252 e. The number of primary amides is 1. The third-order valence-corrected chi connectivity index (χ3v) is 2.27. The molecule has 1 aromatic carbocycles. The first-order chi connectivity index (χ1) is 7.22. The molecule has 1 amide bonds. The van der Waals surface area contributed by atoms with Crippen LogP contribution in [0.1, 0.15) is 23.2 Å². The maximum Gasteiger partial charge on any atom is 0.252 e. The standard InChI is InChI=1S/C11H13NO3/c1-14-10-8(11(12)13)3-2-4-9(10)15-7-5-6-7/h2-4,7H,5-6H2,1H3,(H2,12,13). The lowest BCUT2D eigenvalue weighted by atomic mass is 10.2. The molecule has 0 radical (unpaired) electrons. The van der Waals surface area contributed by atoms with Gasteiger partial charge < -0.3 is 15.2 Å². The molecule has 15 heavy (non-hydrogen) atoms. The molecule has 1 saturated carbocycles. The lowest BCUT2D eigenvalue weighted by Gasteiger charge is -2.12. The number of benzene rings is 1. The van der Waals surface area contributed by atoms with E-state index >= 15 is 0 Å². The summed E-state index contributed by atoms with van der Waals surface area (Å²) in [4.78, 5) is 11.1. The molecule has 0 heterocycles. The van der Waals surface area contributed by atoms with Gasteiger partial charge in [0.25, 0.3) is 5.91 Å². The molecule has 0 unspecified atom stereocenters. The monoisotopic (exact) mass is 207 g/mol. The third kappa shape index (κ3) is 2.03. The lowest BCUT2D eigenvalue weighted by Crippen LogP contribution is -2.13. The maximum absolute atomic E-state index is 11.1. The second kappa shape index (κ2) is 3.81. The van der Waals surface area contributed by atoms with Crippen molar-refractivity contribution in [2.75, 3.05) is 7.11 Å². The normalized spacial score (nSPS) is 14.7. The molecule has 1 aromatic rings. The highest BCUT2D eigenvalue weighted by atomic mass is 16.5. The average molecular weight is 207 g/mol. The molecule has 1 aliphatic carbocycles. The largest absolute Gasteiger partial charge is 0.492 e. The molecule has 0 spiro atoms. The minimum atomic E-state index is -0.506. The SMILES string of the molecule is COc1c(OC2CC2)cccc1C(N)=O. The van der Waals surface area contributed by atoms with Crippen molar-refractivity contribution >= 4 is 5.91 Å². The number of methoxy groups -OCH3 is 1. The number of hydrogen-bond donors (Lipinski definition) is 1. The number of para-hydroxylation sites is 1. The number of nitrogens with two attached hydrogens (primary N) is 1. The predicted molar refractivity (Wildman–Crippen MR) is 55.2 cm³/mol. The van der Waals surface area contributed by atoms with Gasteiger partial charge in [0, 0.05) is 0 Å². The van der Waals surface area contributed by atoms with Crippen molar-refractivity contribution in [1.82, 2.24) is 0 Å². The van der Waals surface area contributed by atoms with Crippen LogP contribution in [0.3, 0.4) is 0 Å². The molecule has 0 aliphatic heterocycles. The van der Waals surface area contributed by atoms with Gasteiger partial charge >= 0.3 is 0 Å². The Morgan fingerprint density at radius 2 is 2.20 bits per heavy atom. The van der Waals surface area contributed by atoms with E-state index in [1.54, 1.807) is 18.2 Å². The molecule has 0 atom stereocenters. The van der Waals surface area contributed by atoms with Crippen LogP contribution >= 0.6 is 0 Å². The van der Waals surface area contributed by atoms with Crippen molar-refractivity contribution in [1.29, 1.82) is 0 Å². The van der Waals surface area contributed by atoms with Crippen molar-refractivity contribution < 1.29 is 14.3 Å². The molecule has 4 nitrogen and oxygen atoms in total. The van der Waals surface area contributed by atoms with Crippen LogP contribution in [0.4, 0.5) is 0 Å². The first-order valence-electron chi connectivity index (χ1n) is 4.86. The van der Waals surface area contributed by atoms with Gasteiger partial charge in [-0.05, 0) is 25.0 Å². The summed E-state index contributed by atoms with van der Waals surface area (Å²) in [6.45, 7) is 0. The summed E-state index contributed by atoms with van der Waals surface area (Å²) in [6.07, 6.45) is 2.38. The zero-order chi connectivity index (χ0) is 10.8. The van der Waals surface area contributed by atoms with Crippen molar-refractivity contribution in [2.45, 2.75) is 18.9 Å². The van der Waals surface area contributed by atoms with E-state index in [0.717, 1.165) is 12.8 Å². The highest BCUT2D eigenvalue weighted by molar-refractivity contribution is 5.96. The fraction of sp³-hybridized carbons (Fsp3) is 0.364. The molecule has 2 N–H and O–H groups in total. The second-order valence-electron chi connectivity index (χ2n) is 3.52. The van der Waals surface area contributed by atoms with Gasteiger partial charge in [0.15, 0.2) is 11.5 Å². The molecule has 0 bridgehead atoms. The fourth-order valence-electron chi connectivity index (χ4n) is 1.38. The van der Waals surface area contributed by atoms with E-state index in [4.69, 9.17) is 15.2 Å². The first kappa shape index (κ1) is 9.83. The summed E-state index contributed by atoms with van der Waals surface area (Å²) in [6, 6.07) is 5.14. The van der Waals surface area contributed by atoms with Crippen molar-refractivity contribution in [2.24, 2.45) is 5.73 Å². The number of carbonyl (C=O) groups excluding carboxylic acids is 1. The van der Waals surface area contributed by atoms with E-state index < -0.39 is 5.91 Å². The fourth-order valence-corrected chi connectivity index (χ4v) is 1.38. The molecule has 4 heteroatoms. The summed E-state index contributed by atoms with van der Waals surface area (Å²) in [7, 11) is 1.50. The maximum atomic E-state index is 11.1. The highest BCUT2D eigenvalue weighted by Crippen LogP contribution is 2.35. The van der Waals surface area contributed by atoms with Crippen LogP contribution in [-0.4, -0.2) is 19.1 Å². The minimum Gasteiger partial charge on any atom is -0.492 e. The molecule has 80 valence electrons. The first-order valence-corrected chi connectivity index (χ1v) is 4.86. The van der Waals surface area contributed by atoms with Crippen LogP contribution < -0.4 is 15.2 Å². The van der Waals surface area contributed by atoms with Crippen molar-refractivity contribution in [3.05, 3.63) is 23.8 Å². The number of amides is 1. The van der Waals surface area contributed by atoms with Gasteiger partial charge in [-0.15, -0.1) is 0 Å². The Balaban J connectivity index is 2.34. The van der Waals surface area contributed by atoms with E-state index in [-0.39, 0.29) is 6.10 Å². The quantitative estimate of drug-likeness (QED) is 0.810. The van der Waals surface area contributed by atoms with E-state index in [1.165, 1.54) is 7.11 Å². The number of hydrogen-bond acceptors (Lipinski definition) is 3. The van der Waals surface area contributed by atoms with Crippen LogP contribution in [0.2, 0.25) is 0 Å². The second-order valence-corrected chi connectivity index (χ2v) is 3.52. The Morgan fingerprint density at radius 3 is 2.73 bits per heavy atom. The summed E-state index contributed by atoms with van der Waals surface area (Å²) < 4.78 is 10.7. The summed E-state index contributed by atoms with van der Waals surface area (Å²) >= 11 is 0. The Hall–Kier alpha value is -1.71. The van der Waals surface area contributed by atoms with Gasteiger partial charge in [0.2, 0.25) is 0 Å². The Bertz CT molecular complexity index is 385. The summed E-state index contributed by atoms with van der Waals surface area (Å²) in [5.74, 6) is 0.515. The van der Waals surface area contributed by atoms with E-state index in [1.807, 2.05) is 0 Å². The third-order valence-electron chi connectivity index (χ3n) is 2.27. The van der Waals surface area contributed by atoms with Gasteiger partial charge in [-0.3, -0.25) is 4.79 Å². The topological polar surface area (TPSA) is 61.6 Å². The van der Waals surface area contributed by atoms with E-state index in [0.29, 0.717) is 17.1 Å². The minimum absolute atomic E-state index is 0.266. The van der Waals surface area contributed by atoms with Gasteiger partial charge in [-0.25, -0.2) is 0 Å². The van der Waals surface area contributed by atoms with Crippen LogP contribution in [0, 0.1) is 0 Å². The zero-order valence-electron chi connectivity index (χ0n) is 8.53. The Kier molecular flexibility index (Phi) is 2.49. The van der Waals surface area contributed by atoms with Crippen LogP contribution in [0.25, 0.3) is 0 Å². The van der Waals surface area contributed by atoms with E-state index in [9.17, 15) is 4.79 Å². The van der Waals surface area contributed by atoms with Gasteiger partial charge in [0.05, 0.1) is 18.8 Å². The van der Waals surface area contributed by atoms with Gasteiger partial charge in [-0.2, -0.15) is 0 Å². The zero-order valence-corrected chi connectivity index (χ0v) is 8.53. The number of carbonyl (C=O) groups is 1. The van der Waals surface area contributed by atoms with Crippen LogP contribution in [0.5, 0.6) is 11.5 Å². The van der Waals surface area contributed by atoms with Crippen molar-refractivity contribution in [3.63, 3.8) is 0 Å². The van der Waals surface area contributed by atoms with Gasteiger partial charge in [-0.1, -0.05) is 6.07 Å². The Labute approximate surface area is 88.0 Å². The molecule has 1 fully saturated rings. The van der Waals surface area contributed by atoms with E-state index in [2.05, 4.69) is 0 Å². The molecule has 1 aliphatic rings. The van der Waals surface area contributed by atoms with Crippen LogP contribution in [0.15, 0.2) is 18.2 Å². The number of rotatable bonds is 4. The average Bonchev–Trinajstić information content (AvgIpc) is 3.01. The lowest BCUT2D eigenvalue weighted by molar-refractivity contribution is 0.0996.